The molecule has 5 heterocycles. The van der Waals surface area contributed by atoms with Crippen LogP contribution in [0, 0.1) is 34.4 Å². The van der Waals surface area contributed by atoms with Gasteiger partial charge in [0.05, 0.1) is 23.9 Å². The van der Waals surface area contributed by atoms with Gasteiger partial charge >= 0.3 is 0 Å². The lowest BCUT2D eigenvalue weighted by atomic mass is 9.63. The highest BCUT2D eigenvalue weighted by Gasteiger charge is 2.62. The Kier molecular flexibility index (Phi) is 11.6. The van der Waals surface area contributed by atoms with Gasteiger partial charge in [-0.1, -0.05) is 80.1 Å². The van der Waals surface area contributed by atoms with Gasteiger partial charge in [0.25, 0.3) is 11.8 Å². The van der Waals surface area contributed by atoms with Gasteiger partial charge in [-0.05, 0) is 108 Å². The fourth-order valence-corrected chi connectivity index (χ4v) is 12.1. The number of carbonyl (C=O) groups excluding carboxylic acids is 5. The molecule has 0 bridgehead atoms. The first-order valence-corrected chi connectivity index (χ1v) is 24.1. The van der Waals surface area contributed by atoms with Gasteiger partial charge in [-0.3, -0.25) is 29.3 Å². The van der Waals surface area contributed by atoms with Crippen molar-refractivity contribution in [1.82, 2.24) is 20.4 Å². The molecule has 68 heavy (non-hydrogen) atoms. The van der Waals surface area contributed by atoms with Crippen molar-refractivity contribution in [1.29, 1.82) is 0 Å². The Hall–Kier alpha value is -5.94. The lowest BCUT2D eigenvalue weighted by Crippen LogP contribution is -2.52. The van der Waals surface area contributed by atoms with Crippen molar-refractivity contribution in [3.63, 3.8) is 0 Å². The maximum Gasteiger partial charge on any atom is 0.255 e. The molecule has 5 amide bonds. The molecule has 4 aromatic rings. The first kappa shape index (κ1) is 45.8. The van der Waals surface area contributed by atoms with Crippen LogP contribution < -0.4 is 26.0 Å². The number of hydrogen-bond acceptors (Lipinski definition) is 8. The number of imide groups is 1. The zero-order valence-corrected chi connectivity index (χ0v) is 39.9. The Morgan fingerprint density at radius 3 is 2.53 bits per heavy atom. The highest BCUT2D eigenvalue weighted by molar-refractivity contribution is 6.31. The summed E-state index contributed by atoms with van der Waals surface area (Å²) in [6, 6.07) is 19.3. The summed E-state index contributed by atoms with van der Waals surface area (Å²) in [6.45, 7) is 8.27. The quantitative estimate of drug-likeness (QED) is 0.108. The number of carbonyl (C=O) groups is 5. The van der Waals surface area contributed by atoms with Gasteiger partial charge in [-0.15, -0.1) is 0 Å². The molecule has 1 aliphatic carbocycles. The molecular weight excluding hydrogens is 907 g/mol. The third-order valence-corrected chi connectivity index (χ3v) is 15.8. The van der Waals surface area contributed by atoms with Gasteiger partial charge in [0.1, 0.15) is 17.6 Å². The van der Waals surface area contributed by atoms with Crippen molar-refractivity contribution in [2.45, 2.75) is 95.3 Å². The number of fused-ring (bicyclic) bond motifs is 3. The number of hydrogen-bond donors (Lipinski definition) is 4. The maximum absolute atomic E-state index is 16.3. The van der Waals surface area contributed by atoms with Crippen LogP contribution in [0.15, 0.2) is 72.8 Å². The van der Waals surface area contributed by atoms with Crippen LogP contribution in [0.1, 0.15) is 108 Å². The van der Waals surface area contributed by atoms with Crippen LogP contribution >= 0.6 is 23.2 Å². The van der Waals surface area contributed by atoms with Crippen LogP contribution in [0.2, 0.25) is 10.0 Å². The van der Waals surface area contributed by atoms with Crippen LogP contribution in [0.25, 0.3) is 0 Å². The number of nitrogens with zero attached hydrogens (tertiary/aromatic N) is 2. The van der Waals surface area contributed by atoms with Crippen molar-refractivity contribution >= 4 is 64.1 Å². The molecule has 6 aliphatic rings. The SMILES string of the molecule is COc1cc(C(=O)N2CCC3(CC2)C[C@@H]3C#Cc2cccc3c2CN([C@H]2CCC(=O)NC2=O)C3=O)ccc1NC(=O)[C@@H]1N[C@@H](CC(C)(C)C)[C@@]2(CNc3cc(Cl)ccc32)[C@H]1c1cccc(Cl)c1F. The van der Waals surface area contributed by atoms with Gasteiger partial charge in [0, 0.05) is 83.3 Å². The minimum atomic E-state index is -0.894. The first-order valence-electron chi connectivity index (χ1n) is 23.3. The smallest absolute Gasteiger partial charge is 0.255 e. The van der Waals surface area contributed by atoms with Crippen LogP contribution in [0.3, 0.4) is 0 Å². The minimum Gasteiger partial charge on any atom is -0.495 e. The van der Waals surface area contributed by atoms with Crippen LogP contribution in [0.5, 0.6) is 5.75 Å². The summed E-state index contributed by atoms with van der Waals surface area (Å²) in [5.74, 6) is 4.53. The number of halogens is 3. The fourth-order valence-electron chi connectivity index (χ4n) is 11.7. The van der Waals surface area contributed by atoms with E-state index in [0.717, 1.165) is 41.6 Å². The van der Waals surface area contributed by atoms with Gasteiger partial charge < -0.3 is 30.5 Å². The highest BCUT2D eigenvalue weighted by atomic mass is 35.5. The molecule has 0 radical (unpaired) electrons. The largest absolute Gasteiger partial charge is 0.495 e. The average Bonchev–Trinajstić information content (AvgIpc) is 3.51. The molecule has 3 saturated heterocycles. The minimum absolute atomic E-state index is 0.0103. The molecule has 0 unspecified atom stereocenters. The van der Waals surface area contributed by atoms with Crippen molar-refractivity contribution in [3.05, 3.63) is 122 Å². The van der Waals surface area contributed by atoms with Gasteiger partial charge in [0.15, 0.2) is 0 Å². The van der Waals surface area contributed by atoms with Crippen LogP contribution in [-0.2, 0) is 26.3 Å². The number of benzene rings is 4. The Morgan fingerprint density at radius 2 is 1.78 bits per heavy atom. The monoisotopic (exact) mass is 958 g/mol. The number of likely N-dealkylation sites (tertiary alicyclic amines) is 1. The summed E-state index contributed by atoms with van der Waals surface area (Å²) in [6.07, 6.45) is 3.69. The lowest BCUT2D eigenvalue weighted by Gasteiger charge is -2.39. The lowest BCUT2D eigenvalue weighted by molar-refractivity contribution is -0.137. The summed E-state index contributed by atoms with van der Waals surface area (Å²) in [5, 5.41) is 13.2. The molecule has 10 rings (SSSR count). The molecule has 6 atom stereocenters. The molecule has 352 valence electrons. The van der Waals surface area contributed by atoms with Crippen LogP contribution in [0.4, 0.5) is 15.8 Å². The summed E-state index contributed by atoms with van der Waals surface area (Å²) < 4.78 is 22.1. The number of methoxy groups -OCH3 is 1. The third-order valence-electron chi connectivity index (χ3n) is 15.3. The van der Waals surface area contributed by atoms with E-state index in [1.807, 2.05) is 35.2 Å². The Labute approximate surface area is 405 Å². The molecule has 4 aromatic carbocycles. The topological polar surface area (TPSA) is 149 Å². The Bertz CT molecular complexity index is 2860. The van der Waals surface area contributed by atoms with Crippen molar-refractivity contribution in [2.24, 2.45) is 16.7 Å². The predicted octanol–water partition coefficient (Wildman–Crippen LogP) is 8.06. The van der Waals surface area contributed by atoms with E-state index in [0.29, 0.717) is 65.6 Å². The molecule has 5 aliphatic heterocycles. The molecule has 0 aromatic heterocycles. The number of nitrogens with one attached hydrogen (secondary N) is 4. The van der Waals surface area contributed by atoms with Gasteiger partial charge in [0.2, 0.25) is 17.7 Å². The molecule has 15 heteroatoms. The number of anilines is 2. The van der Waals surface area contributed by atoms with E-state index in [1.54, 1.807) is 41.3 Å². The summed E-state index contributed by atoms with van der Waals surface area (Å²) in [4.78, 5) is 69.8. The predicted molar refractivity (Wildman–Crippen MR) is 257 cm³/mol. The zero-order valence-electron chi connectivity index (χ0n) is 38.4. The van der Waals surface area contributed by atoms with E-state index in [1.165, 1.54) is 13.2 Å². The second kappa shape index (κ2) is 17.2. The van der Waals surface area contributed by atoms with Crippen molar-refractivity contribution in [2.75, 3.05) is 37.4 Å². The summed E-state index contributed by atoms with van der Waals surface area (Å²) in [5.41, 5.74) is 4.13. The number of ether oxygens (including phenoxy) is 1. The van der Waals surface area contributed by atoms with E-state index in [4.69, 9.17) is 27.9 Å². The molecular formula is C53H53Cl2FN6O6. The van der Waals surface area contributed by atoms with Crippen LogP contribution in [-0.4, -0.2) is 84.2 Å². The molecule has 2 spiro atoms. The third kappa shape index (κ3) is 7.98. The fraction of sp³-hybridized carbons (Fsp3) is 0.415. The van der Waals surface area contributed by atoms with Gasteiger partial charge in [-0.2, -0.15) is 0 Å². The second-order valence-corrected chi connectivity index (χ2v) is 21.3. The normalized spacial score (nSPS) is 25.6. The molecule has 1 saturated carbocycles. The van der Waals surface area contributed by atoms with E-state index >= 15 is 4.39 Å². The molecule has 4 fully saturated rings. The summed E-state index contributed by atoms with van der Waals surface area (Å²) in [7, 11) is 1.49. The standard InChI is InChI=1S/C53H53Cl2FN6O6/c1-51(2,3)26-42-53(28-57-39-24-32(54)14-15-36(39)53)44(34-9-6-10-37(55)45(34)56)46(59-42)48(65)58-38-16-12-30(23-41(38)68-4)49(66)61-21-19-52(20-22-61)25-31(52)13-11-29-7-5-8-33-35(29)27-62(50(33)67)40-17-18-43(63)60-47(40)64/h5-10,12,14-16,23-24,31,40,42,44,46,57,59H,17-22,25-28H2,1-4H3,(H,58,65)(H,60,63,64)/t31-,40-,42-,44-,46+,53-/m0/s1. The van der Waals surface area contributed by atoms with Gasteiger partial charge in [-0.25, -0.2) is 4.39 Å². The van der Waals surface area contributed by atoms with E-state index in [-0.39, 0.29) is 64.4 Å². The second-order valence-electron chi connectivity index (χ2n) is 20.5. The Balaban J connectivity index is 0.830. The highest BCUT2D eigenvalue weighted by Crippen LogP contribution is 2.60. The first-order chi connectivity index (χ1) is 32.5. The Morgan fingerprint density at radius 1 is 1.00 bits per heavy atom. The zero-order chi connectivity index (χ0) is 47.9. The van der Waals surface area contributed by atoms with E-state index < -0.39 is 35.1 Å². The molecule has 12 nitrogen and oxygen atoms in total. The van der Waals surface area contributed by atoms with Crippen molar-refractivity contribution < 1.29 is 33.1 Å². The van der Waals surface area contributed by atoms with Crippen molar-refractivity contribution in [3.8, 4) is 17.6 Å². The maximum atomic E-state index is 16.3. The molecule has 4 N–H and O–H groups in total. The number of piperidine rings is 2. The van der Waals surface area contributed by atoms with E-state index in [2.05, 4.69) is 53.9 Å². The average molecular weight is 960 g/mol. The van der Waals surface area contributed by atoms with E-state index in [9.17, 15) is 24.0 Å². The number of rotatable bonds is 7. The summed E-state index contributed by atoms with van der Waals surface area (Å²) >= 11 is 12.9. The number of amides is 5.